The number of hydrazine groups is 1. The van der Waals surface area contributed by atoms with Gasteiger partial charge in [-0.05, 0) is 48.4 Å². The lowest BCUT2D eigenvalue weighted by atomic mass is 10.1. The lowest BCUT2D eigenvalue weighted by Gasteiger charge is -2.07. The van der Waals surface area contributed by atoms with E-state index in [1.54, 1.807) is 6.26 Å². The molecule has 0 aliphatic carbocycles. The average molecular weight is 340 g/mol. The van der Waals surface area contributed by atoms with Crippen LogP contribution < -0.4 is 10.9 Å². The van der Waals surface area contributed by atoms with Gasteiger partial charge < -0.3 is 4.42 Å². The van der Waals surface area contributed by atoms with Crippen LogP contribution in [0.4, 0.5) is 4.39 Å². The molecule has 0 radical (unpaired) electrons. The molecule has 0 saturated carbocycles. The Balaban J connectivity index is 1.63. The van der Waals surface area contributed by atoms with Crippen molar-refractivity contribution in [2.75, 3.05) is 0 Å². The number of nitrogens with one attached hydrogen (secondary N) is 2. The predicted molar refractivity (Wildman–Crippen MR) is 91.3 cm³/mol. The summed E-state index contributed by atoms with van der Waals surface area (Å²) >= 11 is 0. The molecule has 1 heterocycles. The molecule has 3 rings (SSSR count). The zero-order valence-electron chi connectivity index (χ0n) is 13.6. The van der Waals surface area contributed by atoms with Crippen LogP contribution in [0.1, 0.15) is 28.4 Å². The maximum atomic E-state index is 12.8. The molecule has 3 aromatic rings. The van der Waals surface area contributed by atoms with Gasteiger partial charge in [0.2, 0.25) is 5.91 Å². The van der Waals surface area contributed by atoms with Crippen LogP contribution >= 0.6 is 0 Å². The predicted octanol–water partition coefficient (Wildman–Crippen LogP) is 3.14. The minimum Gasteiger partial charge on any atom is -0.464 e. The fourth-order valence-corrected chi connectivity index (χ4v) is 2.50. The second-order valence-electron chi connectivity index (χ2n) is 5.63. The molecular formula is C19H17FN2O3. The van der Waals surface area contributed by atoms with E-state index in [1.165, 1.54) is 24.3 Å². The number of carbonyl (C=O) groups excluding carboxylic acids is 2. The maximum Gasteiger partial charge on any atom is 0.269 e. The van der Waals surface area contributed by atoms with Gasteiger partial charge in [-0.25, -0.2) is 4.39 Å². The minimum atomic E-state index is -0.515. The zero-order chi connectivity index (χ0) is 17.8. The van der Waals surface area contributed by atoms with Crippen LogP contribution in [0, 0.1) is 5.82 Å². The summed E-state index contributed by atoms with van der Waals surface area (Å²) in [4.78, 5) is 24.0. The van der Waals surface area contributed by atoms with Gasteiger partial charge in [-0.3, -0.25) is 20.4 Å². The van der Waals surface area contributed by atoms with Gasteiger partial charge in [0.25, 0.3) is 5.91 Å². The SMILES string of the molecule is CCc1ccc2occ(CC(=O)NNC(=O)c3ccc(F)cc3)c2c1. The molecule has 5 nitrogen and oxygen atoms in total. The van der Waals surface area contributed by atoms with Crippen molar-refractivity contribution in [2.24, 2.45) is 0 Å². The smallest absolute Gasteiger partial charge is 0.269 e. The molecule has 0 saturated heterocycles. The van der Waals surface area contributed by atoms with Crippen molar-refractivity contribution in [2.45, 2.75) is 19.8 Å². The third-order valence-corrected chi connectivity index (χ3v) is 3.90. The molecule has 1 aromatic heterocycles. The number of carbonyl (C=O) groups is 2. The van der Waals surface area contributed by atoms with Gasteiger partial charge in [-0.2, -0.15) is 0 Å². The van der Waals surface area contributed by atoms with Crippen LogP contribution in [-0.4, -0.2) is 11.8 Å². The van der Waals surface area contributed by atoms with Crippen molar-refractivity contribution in [3.63, 3.8) is 0 Å². The molecule has 128 valence electrons. The molecule has 0 atom stereocenters. The highest BCUT2D eigenvalue weighted by atomic mass is 19.1. The van der Waals surface area contributed by atoms with Gasteiger partial charge in [0.05, 0.1) is 12.7 Å². The first-order valence-corrected chi connectivity index (χ1v) is 7.90. The summed E-state index contributed by atoms with van der Waals surface area (Å²) in [5, 5.41) is 0.888. The van der Waals surface area contributed by atoms with E-state index in [-0.39, 0.29) is 17.9 Å². The van der Waals surface area contributed by atoms with Crippen molar-refractivity contribution in [3.8, 4) is 0 Å². The van der Waals surface area contributed by atoms with Crippen LogP contribution in [0.15, 0.2) is 53.1 Å². The van der Waals surface area contributed by atoms with E-state index in [2.05, 4.69) is 17.8 Å². The Kier molecular flexibility index (Phi) is 4.79. The van der Waals surface area contributed by atoms with E-state index in [4.69, 9.17) is 4.42 Å². The molecular weight excluding hydrogens is 323 g/mol. The van der Waals surface area contributed by atoms with Crippen LogP contribution in [-0.2, 0) is 17.6 Å². The highest BCUT2D eigenvalue weighted by Crippen LogP contribution is 2.23. The van der Waals surface area contributed by atoms with Crippen LogP contribution in [0.3, 0.4) is 0 Å². The molecule has 2 aromatic carbocycles. The lowest BCUT2D eigenvalue weighted by Crippen LogP contribution is -2.42. The molecule has 0 aliphatic rings. The number of amides is 2. The standard InChI is InChI=1S/C19H17FN2O3/c1-2-12-3-8-17-16(9-12)14(11-25-17)10-18(23)21-22-19(24)13-4-6-15(20)7-5-13/h3-9,11H,2,10H2,1H3,(H,21,23)(H,22,24). The summed E-state index contributed by atoms with van der Waals surface area (Å²) in [6.07, 6.45) is 2.51. The number of benzene rings is 2. The molecule has 0 bridgehead atoms. The number of fused-ring (bicyclic) bond motifs is 1. The number of hydrogen-bond acceptors (Lipinski definition) is 3. The average Bonchev–Trinajstić information content (AvgIpc) is 3.02. The van der Waals surface area contributed by atoms with E-state index < -0.39 is 11.7 Å². The Labute approximate surface area is 143 Å². The summed E-state index contributed by atoms with van der Waals surface area (Å²) in [5.74, 6) is -1.32. The fraction of sp³-hybridized carbons (Fsp3) is 0.158. The Hall–Kier alpha value is -3.15. The third-order valence-electron chi connectivity index (χ3n) is 3.90. The third kappa shape index (κ3) is 3.85. The van der Waals surface area contributed by atoms with E-state index >= 15 is 0 Å². The molecule has 0 unspecified atom stereocenters. The highest BCUT2D eigenvalue weighted by molar-refractivity contribution is 5.96. The first kappa shape index (κ1) is 16.7. The van der Waals surface area contributed by atoms with Crippen molar-refractivity contribution in [1.82, 2.24) is 10.9 Å². The fourth-order valence-electron chi connectivity index (χ4n) is 2.50. The number of furan rings is 1. The molecule has 2 N–H and O–H groups in total. The topological polar surface area (TPSA) is 71.3 Å². The van der Waals surface area contributed by atoms with E-state index in [9.17, 15) is 14.0 Å². The second-order valence-corrected chi connectivity index (χ2v) is 5.63. The van der Waals surface area contributed by atoms with Crippen LogP contribution in [0.25, 0.3) is 11.0 Å². The van der Waals surface area contributed by atoms with Gasteiger partial charge in [0.15, 0.2) is 0 Å². The summed E-state index contributed by atoms with van der Waals surface area (Å²) in [7, 11) is 0. The summed E-state index contributed by atoms with van der Waals surface area (Å²) < 4.78 is 18.3. The van der Waals surface area contributed by atoms with E-state index in [0.29, 0.717) is 0 Å². The Bertz CT molecular complexity index is 916. The molecule has 2 amide bonds. The maximum absolute atomic E-state index is 12.8. The highest BCUT2D eigenvalue weighted by Gasteiger charge is 2.12. The number of hydrogen-bond donors (Lipinski definition) is 2. The van der Waals surface area contributed by atoms with Crippen LogP contribution in [0.2, 0.25) is 0 Å². The van der Waals surface area contributed by atoms with Crippen molar-refractivity contribution in [3.05, 3.63) is 71.2 Å². The van der Waals surface area contributed by atoms with Gasteiger partial charge in [0.1, 0.15) is 11.4 Å². The van der Waals surface area contributed by atoms with Crippen molar-refractivity contribution < 1.29 is 18.4 Å². The molecule has 0 aliphatic heterocycles. The van der Waals surface area contributed by atoms with Crippen molar-refractivity contribution >= 4 is 22.8 Å². The lowest BCUT2D eigenvalue weighted by molar-refractivity contribution is -0.121. The first-order valence-electron chi connectivity index (χ1n) is 7.90. The Morgan fingerprint density at radius 2 is 1.84 bits per heavy atom. The van der Waals surface area contributed by atoms with Gasteiger partial charge in [-0.15, -0.1) is 0 Å². The largest absolute Gasteiger partial charge is 0.464 e. The normalized spacial score (nSPS) is 10.6. The molecule has 0 fully saturated rings. The minimum absolute atomic E-state index is 0.0733. The van der Waals surface area contributed by atoms with E-state index in [0.717, 1.165) is 28.5 Å². The summed E-state index contributed by atoms with van der Waals surface area (Å²) in [6, 6.07) is 10.9. The van der Waals surface area contributed by atoms with Gasteiger partial charge in [0, 0.05) is 16.5 Å². The molecule has 6 heteroatoms. The summed E-state index contributed by atoms with van der Waals surface area (Å²) in [5.41, 5.74) is 7.54. The van der Waals surface area contributed by atoms with Crippen molar-refractivity contribution in [1.29, 1.82) is 0 Å². The monoisotopic (exact) mass is 340 g/mol. The van der Waals surface area contributed by atoms with Crippen LogP contribution in [0.5, 0.6) is 0 Å². The zero-order valence-corrected chi connectivity index (χ0v) is 13.6. The summed E-state index contributed by atoms with van der Waals surface area (Å²) in [6.45, 7) is 2.05. The number of halogens is 1. The van der Waals surface area contributed by atoms with E-state index in [1.807, 2.05) is 18.2 Å². The molecule has 25 heavy (non-hydrogen) atoms. The molecule has 0 spiro atoms. The Morgan fingerprint density at radius 1 is 1.08 bits per heavy atom. The van der Waals surface area contributed by atoms with Gasteiger partial charge >= 0.3 is 0 Å². The van der Waals surface area contributed by atoms with Gasteiger partial charge in [-0.1, -0.05) is 13.0 Å². The first-order chi connectivity index (χ1) is 12.1. The second kappa shape index (κ2) is 7.17. The number of aryl methyl sites for hydroxylation is 1. The Morgan fingerprint density at radius 3 is 2.56 bits per heavy atom. The number of rotatable bonds is 4. The quantitative estimate of drug-likeness (QED) is 0.717.